The van der Waals surface area contributed by atoms with Crippen molar-refractivity contribution in [3.05, 3.63) is 28.2 Å². The topological polar surface area (TPSA) is 75.3 Å². The lowest BCUT2D eigenvalue weighted by atomic mass is 10.2. The van der Waals surface area contributed by atoms with Crippen LogP contribution in [0, 0.1) is 0 Å². The first-order valence-electron chi connectivity index (χ1n) is 6.54. The van der Waals surface area contributed by atoms with E-state index >= 15 is 0 Å². The van der Waals surface area contributed by atoms with Gasteiger partial charge in [-0.3, -0.25) is 4.79 Å². The van der Waals surface area contributed by atoms with Crippen molar-refractivity contribution in [1.29, 1.82) is 0 Å². The number of anilines is 1. The molecule has 1 aromatic rings. The van der Waals surface area contributed by atoms with E-state index < -0.39 is 9.84 Å². The van der Waals surface area contributed by atoms with Gasteiger partial charge in [0, 0.05) is 24.7 Å². The van der Waals surface area contributed by atoms with Gasteiger partial charge in [0.05, 0.1) is 21.6 Å². The largest absolute Gasteiger partial charge is 0.384 e. The predicted molar refractivity (Wildman–Crippen MR) is 84.8 cm³/mol. The fourth-order valence-electron chi connectivity index (χ4n) is 2.14. The molecular weight excluding hydrogens is 335 g/mol. The van der Waals surface area contributed by atoms with Crippen molar-refractivity contribution in [2.24, 2.45) is 0 Å². The summed E-state index contributed by atoms with van der Waals surface area (Å²) in [5.74, 6) is 0.0305. The van der Waals surface area contributed by atoms with Crippen LogP contribution in [0.4, 0.5) is 5.69 Å². The molecule has 0 spiro atoms. The van der Waals surface area contributed by atoms with Crippen molar-refractivity contribution >= 4 is 44.6 Å². The van der Waals surface area contributed by atoms with E-state index in [0.717, 1.165) is 5.69 Å². The number of hydrogen-bond acceptors (Lipinski definition) is 4. The minimum atomic E-state index is -2.97. The van der Waals surface area contributed by atoms with Gasteiger partial charge in [-0.25, -0.2) is 8.42 Å². The molecule has 21 heavy (non-hydrogen) atoms. The Labute approximate surface area is 133 Å². The quantitative estimate of drug-likeness (QED) is 0.852. The Kier molecular flexibility index (Phi) is 5.35. The van der Waals surface area contributed by atoms with E-state index in [-0.39, 0.29) is 29.9 Å². The second-order valence-electron chi connectivity index (χ2n) is 4.97. The molecule has 1 amide bonds. The van der Waals surface area contributed by atoms with E-state index in [1.165, 1.54) is 0 Å². The molecule has 1 atom stereocenters. The highest BCUT2D eigenvalue weighted by Gasteiger charge is 2.28. The molecule has 0 saturated carbocycles. The Hall–Kier alpha value is -0.980. The van der Waals surface area contributed by atoms with Crippen LogP contribution in [0.5, 0.6) is 0 Å². The molecule has 0 radical (unpaired) electrons. The van der Waals surface area contributed by atoms with Crippen LogP contribution in [-0.4, -0.2) is 38.4 Å². The molecule has 0 aliphatic carbocycles. The van der Waals surface area contributed by atoms with E-state index in [0.29, 0.717) is 23.0 Å². The van der Waals surface area contributed by atoms with Crippen molar-refractivity contribution in [3.63, 3.8) is 0 Å². The molecule has 1 aromatic carbocycles. The van der Waals surface area contributed by atoms with Crippen molar-refractivity contribution in [3.8, 4) is 0 Å². The van der Waals surface area contributed by atoms with Gasteiger partial charge in [0.2, 0.25) is 5.91 Å². The number of nitrogens with one attached hydrogen (secondary N) is 2. The van der Waals surface area contributed by atoms with Crippen LogP contribution in [0.1, 0.15) is 12.8 Å². The van der Waals surface area contributed by atoms with Crippen LogP contribution >= 0.6 is 23.2 Å². The number of rotatable bonds is 5. The molecule has 1 unspecified atom stereocenters. The highest BCUT2D eigenvalue weighted by atomic mass is 35.5. The van der Waals surface area contributed by atoms with Crippen LogP contribution in [0.2, 0.25) is 10.0 Å². The summed E-state index contributed by atoms with van der Waals surface area (Å²) in [7, 11) is -2.97. The van der Waals surface area contributed by atoms with Gasteiger partial charge in [-0.15, -0.1) is 0 Å². The maximum absolute atomic E-state index is 11.7. The zero-order valence-electron chi connectivity index (χ0n) is 11.2. The number of halogens is 2. The number of hydrogen-bond donors (Lipinski definition) is 2. The Morgan fingerprint density at radius 3 is 2.67 bits per heavy atom. The minimum Gasteiger partial charge on any atom is -0.384 e. The second kappa shape index (κ2) is 6.85. The van der Waals surface area contributed by atoms with E-state index in [4.69, 9.17) is 23.2 Å². The molecule has 0 bridgehead atoms. The first-order valence-corrected chi connectivity index (χ1v) is 9.12. The first-order chi connectivity index (χ1) is 9.85. The fraction of sp³-hybridized carbons (Fsp3) is 0.462. The van der Waals surface area contributed by atoms with Crippen molar-refractivity contribution < 1.29 is 13.2 Å². The molecule has 8 heteroatoms. The lowest BCUT2D eigenvalue weighted by molar-refractivity contribution is -0.121. The number of carbonyl (C=O) groups is 1. The third-order valence-corrected chi connectivity index (χ3v) is 5.71. The van der Waals surface area contributed by atoms with Crippen LogP contribution in [0.3, 0.4) is 0 Å². The second-order valence-corrected chi connectivity index (χ2v) is 8.02. The van der Waals surface area contributed by atoms with Gasteiger partial charge >= 0.3 is 0 Å². The Morgan fingerprint density at radius 2 is 2.05 bits per heavy atom. The summed E-state index contributed by atoms with van der Waals surface area (Å²) in [6, 6.07) is 4.88. The fourth-order valence-corrected chi connectivity index (χ4v) is 4.11. The van der Waals surface area contributed by atoms with E-state index in [1.807, 2.05) is 0 Å². The molecule has 1 aliphatic rings. The van der Waals surface area contributed by atoms with Gasteiger partial charge < -0.3 is 10.6 Å². The van der Waals surface area contributed by atoms with Crippen molar-refractivity contribution in [2.45, 2.75) is 18.9 Å². The van der Waals surface area contributed by atoms with Crippen LogP contribution < -0.4 is 10.6 Å². The van der Waals surface area contributed by atoms with Gasteiger partial charge in [-0.2, -0.15) is 0 Å². The van der Waals surface area contributed by atoms with Gasteiger partial charge in [0.25, 0.3) is 0 Å². The number of benzene rings is 1. The monoisotopic (exact) mass is 350 g/mol. The predicted octanol–water partition coefficient (Wildman–Crippen LogP) is 2.10. The van der Waals surface area contributed by atoms with Crippen LogP contribution in [0.15, 0.2) is 18.2 Å². The molecular formula is C13H16Cl2N2O3S. The van der Waals surface area contributed by atoms with E-state index in [2.05, 4.69) is 10.6 Å². The van der Waals surface area contributed by atoms with Crippen molar-refractivity contribution in [1.82, 2.24) is 5.32 Å². The highest BCUT2D eigenvalue weighted by Crippen LogP contribution is 2.24. The number of carbonyl (C=O) groups excluding carboxylic acids is 1. The van der Waals surface area contributed by atoms with Crippen LogP contribution in [-0.2, 0) is 14.6 Å². The molecule has 2 N–H and O–H groups in total. The first kappa shape index (κ1) is 16.4. The molecule has 1 aliphatic heterocycles. The third-order valence-electron chi connectivity index (χ3n) is 3.20. The van der Waals surface area contributed by atoms with Gasteiger partial charge in [0.1, 0.15) is 0 Å². The summed E-state index contributed by atoms with van der Waals surface area (Å²) in [5.41, 5.74) is 0.778. The Morgan fingerprint density at radius 1 is 1.29 bits per heavy atom. The average Bonchev–Trinajstić information content (AvgIpc) is 2.73. The normalized spacial score (nSPS) is 20.2. The molecule has 0 aromatic heterocycles. The van der Waals surface area contributed by atoms with Gasteiger partial charge in [0.15, 0.2) is 9.84 Å². The van der Waals surface area contributed by atoms with Gasteiger partial charge in [-0.05, 0) is 24.6 Å². The van der Waals surface area contributed by atoms with E-state index in [9.17, 15) is 13.2 Å². The lowest BCUT2D eigenvalue weighted by Gasteiger charge is -2.11. The Bertz CT molecular complexity index is 634. The number of sulfone groups is 1. The number of amides is 1. The SMILES string of the molecule is O=C(CCNc1ccc(Cl)c(Cl)c1)NC1CCS(=O)(=O)C1. The summed E-state index contributed by atoms with van der Waals surface area (Å²) in [6.45, 7) is 0.434. The van der Waals surface area contributed by atoms with Crippen LogP contribution in [0.25, 0.3) is 0 Å². The maximum atomic E-state index is 11.7. The summed E-state index contributed by atoms with van der Waals surface area (Å²) >= 11 is 11.7. The molecule has 1 fully saturated rings. The zero-order chi connectivity index (χ0) is 15.5. The highest BCUT2D eigenvalue weighted by molar-refractivity contribution is 7.91. The maximum Gasteiger partial charge on any atom is 0.222 e. The minimum absolute atomic E-state index is 0.0406. The third kappa shape index (κ3) is 5.05. The summed E-state index contributed by atoms with van der Waals surface area (Å²) in [4.78, 5) is 11.7. The average molecular weight is 351 g/mol. The zero-order valence-corrected chi connectivity index (χ0v) is 13.6. The van der Waals surface area contributed by atoms with E-state index in [1.54, 1.807) is 18.2 Å². The van der Waals surface area contributed by atoms with Gasteiger partial charge in [-0.1, -0.05) is 23.2 Å². The molecule has 1 saturated heterocycles. The van der Waals surface area contributed by atoms with Crippen molar-refractivity contribution in [2.75, 3.05) is 23.4 Å². The molecule has 5 nitrogen and oxygen atoms in total. The molecule has 1 heterocycles. The molecule has 2 rings (SSSR count). The lowest BCUT2D eigenvalue weighted by Crippen LogP contribution is -2.36. The summed E-state index contributed by atoms with van der Waals surface area (Å²) in [5, 5.41) is 6.72. The molecule has 116 valence electrons. The Balaban J connectivity index is 1.73. The smallest absolute Gasteiger partial charge is 0.222 e. The summed E-state index contributed by atoms with van der Waals surface area (Å²) < 4.78 is 22.6. The standard InChI is InChI=1S/C13H16Cl2N2O3S/c14-11-2-1-9(7-12(11)15)16-5-3-13(18)17-10-4-6-21(19,20)8-10/h1-2,7,10,16H,3-6,8H2,(H,17,18). The summed E-state index contributed by atoms with van der Waals surface area (Å²) in [6.07, 6.45) is 0.755.